The fourth-order valence-corrected chi connectivity index (χ4v) is 3.58. The Labute approximate surface area is 198 Å². The van der Waals surface area contributed by atoms with Crippen LogP contribution in [0.1, 0.15) is 29.0 Å². The van der Waals surface area contributed by atoms with E-state index in [1.54, 1.807) is 42.5 Å². The van der Waals surface area contributed by atoms with Crippen molar-refractivity contribution in [2.45, 2.75) is 31.6 Å². The van der Waals surface area contributed by atoms with Gasteiger partial charge >= 0.3 is 6.18 Å². The third kappa shape index (κ3) is 9.69. The molecule has 0 spiro atoms. The van der Waals surface area contributed by atoms with Crippen molar-refractivity contribution in [2.75, 3.05) is 18.1 Å². The molecule has 0 saturated carbocycles. The maximum Gasteiger partial charge on any atom is 0.450 e. The molecule has 12 heteroatoms. The van der Waals surface area contributed by atoms with E-state index in [2.05, 4.69) is 16.0 Å². The van der Waals surface area contributed by atoms with Gasteiger partial charge in [-0.3, -0.25) is 19.2 Å². The van der Waals surface area contributed by atoms with E-state index in [4.69, 9.17) is 4.42 Å². The van der Waals surface area contributed by atoms with E-state index in [0.29, 0.717) is 11.3 Å². The Morgan fingerprint density at radius 2 is 1.74 bits per heavy atom. The second-order valence-corrected chi connectivity index (χ2v) is 8.19. The Kier molecular flexibility index (Phi) is 10.7. The molecule has 1 atom stereocenters. The zero-order valence-corrected chi connectivity index (χ0v) is 18.8. The predicted octanol–water partition coefficient (Wildman–Crippen LogP) is 2.46. The summed E-state index contributed by atoms with van der Waals surface area (Å²) in [7, 11) is 0. The lowest BCUT2D eigenvalue weighted by molar-refractivity contribution is -0.167. The van der Waals surface area contributed by atoms with Crippen molar-refractivity contribution in [2.24, 2.45) is 0 Å². The summed E-state index contributed by atoms with van der Waals surface area (Å²) in [6.45, 7) is -0.289. The van der Waals surface area contributed by atoms with Gasteiger partial charge in [0.1, 0.15) is 11.8 Å². The van der Waals surface area contributed by atoms with Crippen LogP contribution < -0.4 is 16.0 Å². The lowest BCUT2D eigenvalue weighted by atomic mass is 10.1. The summed E-state index contributed by atoms with van der Waals surface area (Å²) in [4.78, 5) is 47.9. The highest BCUT2D eigenvalue weighted by Gasteiger charge is 2.37. The van der Waals surface area contributed by atoms with Crippen LogP contribution in [0, 0.1) is 0 Å². The quantitative estimate of drug-likeness (QED) is 0.365. The van der Waals surface area contributed by atoms with Gasteiger partial charge in [-0.05, 0) is 42.9 Å². The number of hydrogen-bond donors (Lipinski definition) is 3. The average Bonchev–Trinajstić information content (AvgIpc) is 3.33. The molecular formula is C22H24F3N3O5S. The van der Waals surface area contributed by atoms with Crippen molar-refractivity contribution in [1.29, 1.82) is 0 Å². The smallest absolute Gasteiger partial charge is 0.450 e. The number of ketones is 1. The van der Waals surface area contributed by atoms with E-state index in [9.17, 15) is 32.3 Å². The van der Waals surface area contributed by atoms with Crippen LogP contribution in [0.5, 0.6) is 0 Å². The number of alkyl halides is 3. The summed E-state index contributed by atoms with van der Waals surface area (Å²) in [6.07, 6.45) is -3.05. The van der Waals surface area contributed by atoms with Crippen molar-refractivity contribution >= 4 is 35.3 Å². The van der Waals surface area contributed by atoms with Crippen molar-refractivity contribution in [3.05, 3.63) is 60.1 Å². The number of benzene rings is 1. The third-order valence-corrected chi connectivity index (χ3v) is 5.49. The van der Waals surface area contributed by atoms with Crippen molar-refractivity contribution < 1.29 is 36.8 Å². The van der Waals surface area contributed by atoms with Gasteiger partial charge in [0.2, 0.25) is 17.6 Å². The molecule has 0 saturated heterocycles. The molecule has 0 bridgehead atoms. The fourth-order valence-electron chi connectivity index (χ4n) is 2.71. The molecule has 8 nitrogen and oxygen atoms in total. The molecule has 1 aromatic heterocycles. The summed E-state index contributed by atoms with van der Waals surface area (Å²) in [5.74, 6) is -3.44. The highest BCUT2D eigenvalue weighted by Crippen LogP contribution is 2.19. The Morgan fingerprint density at radius 3 is 2.38 bits per heavy atom. The minimum absolute atomic E-state index is 0.0811. The van der Waals surface area contributed by atoms with Gasteiger partial charge < -0.3 is 20.4 Å². The Morgan fingerprint density at radius 1 is 1.00 bits per heavy atom. The largest absolute Gasteiger partial charge is 0.467 e. The molecule has 34 heavy (non-hydrogen) atoms. The highest BCUT2D eigenvalue weighted by atomic mass is 32.2. The van der Waals surface area contributed by atoms with Crippen LogP contribution >= 0.6 is 11.8 Å². The number of hydrogen-bond acceptors (Lipinski definition) is 6. The molecule has 2 aromatic rings. The van der Waals surface area contributed by atoms with Gasteiger partial charge in [-0.1, -0.05) is 18.2 Å². The summed E-state index contributed by atoms with van der Waals surface area (Å²) in [6, 6.07) is 10.6. The SMILES string of the molecule is O=C(CNC(=O)c1ccccc1)N[C@@H](CCCSCC(=O)C(F)(F)F)C(=O)NCc1ccco1. The molecule has 0 aliphatic carbocycles. The predicted molar refractivity (Wildman–Crippen MR) is 119 cm³/mol. The molecule has 0 aliphatic rings. The molecule has 0 unspecified atom stereocenters. The van der Waals surface area contributed by atoms with E-state index in [-0.39, 0.29) is 31.7 Å². The lowest BCUT2D eigenvalue weighted by Crippen LogP contribution is -2.49. The van der Waals surface area contributed by atoms with Crippen LogP contribution in [-0.2, 0) is 20.9 Å². The Bertz CT molecular complexity index is 952. The van der Waals surface area contributed by atoms with Crippen molar-refractivity contribution in [1.82, 2.24) is 16.0 Å². The number of carbonyl (C=O) groups is 4. The number of Topliss-reactive ketones (excluding diaryl/α,β-unsaturated/α-hetero) is 1. The van der Waals surface area contributed by atoms with E-state index in [1.165, 1.54) is 6.26 Å². The summed E-state index contributed by atoms with van der Waals surface area (Å²) in [5, 5.41) is 7.60. The molecule has 184 valence electrons. The minimum Gasteiger partial charge on any atom is -0.467 e. The number of furan rings is 1. The van der Waals surface area contributed by atoms with Crippen LogP contribution in [0.15, 0.2) is 53.1 Å². The molecular weight excluding hydrogens is 475 g/mol. The fraction of sp³-hybridized carbons (Fsp3) is 0.364. The molecule has 0 fully saturated rings. The first kappa shape index (κ1) is 27.0. The van der Waals surface area contributed by atoms with E-state index in [0.717, 1.165) is 11.8 Å². The van der Waals surface area contributed by atoms with Gasteiger partial charge in [-0.2, -0.15) is 24.9 Å². The van der Waals surface area contributed by atoms with Gasteiger partial charge in [0.05, 0.1) is 25.1 Å². The minimum atomic E-state index is -4.88. The van der Waals surface area contributed by atoms with Crippen LogP contribution in [0.3, 0.4) is 0 Å². The van der Waals surface area contributed by atoms with Crippen molar-refractivity contribution in [3.63, 3.8) is 0 Å². The summed E-state index contributed by atoms with van der Waals surface area (Å²) >= 11 is 0.798. The molecule has 0 radical (unpaired) electrons. The first-order valence-electron chi connectivity index (χ1n) is 10.3. The number of rotatable bonds is 13. The molecule has 1 aromatic carbocycles. The molecule has 3 N–H and O–H groups in total. The van der Waals surface area contributed by atoms with Gasteiger partial charge in [0.25, 0.3) is 5.91 Å². The van der Waals surface area contributed by atoms with E-state index >= 15 is 0 Å². The highest BCUT2D eigenvalue weighted by molar-refractivity contribution is 7.99. The number of carbonyl (C=O) groups excluding carboxylic acids is 4. The molecule has 3 amide bonds. The van der Waals surface area contributed by atoms with Gasteiger partial charge in [0.15, 0.2) is 0 Å². The maximum atomic E-state index is 12.6. The summed E-state index contributed by atoms with van der Waals surface area (Å²) < 4.78 is 42.0. The molecule has 0 aliphatic heterocycles. The topological polar surface area (TPSA) is 118 Å². The van der Waals surface area contributed by atoms with Gasteiger partial charge in [-0.25, -0.2) is 0 Å². The first-order chi connectivity index (χ1) is 16.2. The van der Waals surface area contributed by atoms with Crippen LogP contribution in [0.4, 0.5) is 13.2 Å². The maximum absolute atomic E-state index is 12.6. The lowest BCUT2D eigenvalue weighted by Gasteiger charge is -2.18. The third-order valence-electron chi connectivity index (χ3n) is 4.44. The van der Waals surface area contributed by atoms with Gasteiger partial charge in [0, 0.05) is 5.56 Å². The molecule has 1 heterocycles. The first-order valence-corrected chi connectivity index (χ1v) is 11.4. The molecule has 2 rings (SSSR count). The van der Waals surface area contributed by atoms with Crippen molar-refractivity contribution in [3.8, 4) is 0 Å². The van der Waals surface area contributed by atoms with Gasteiger partial charge in [-0.15, -0.1) is 0 Å². The van der Waals surface area contributed by atoms with Crippen LogP contribution in [0.25, 0.3) is 0 Å². The van der Waals surface area contributed by atoms with E-state index in [1.807, 2.05) is 0 Å². The number of halogens is 3. The normalized spacial score (nSPS) is 12.0. The number of thioether (sulfide) groups is 1. The Balaban J connectivity index is 1.85. The monoisotopic (exact) mass is 499 g/mol. The zero-order chi connectivity index (χ0) is 25.0. The number of nitrogens with one attached hydrogen (secondary N) is 3. The van der Waals surface area contributed by atoms with E-state index < -0.39 is 41.5 Å². The second kappa shape index (κ2) is 13.4. The zero-order valence-electron chi connectivity index (χ0n) is 18.0. The number of amides is 3. The summed E-state index contributed by atoms with van der Waals surface area (Å²) in [5.41, 5.74) is 0.369. The standard InChI is InChI=1S/C22H24F3N3O5S/c23-22(24,25)18(29)14-34-11-5-9-17(21(32)26-12-16-8-4-10-33-16)28-19(30)13-27-20(31)15-6-2-1-3-7-15/h1-4,6-8,10,17H,5,9,11-14H2,(H,26,32)(H,27,31)(H,28,30)/t17-/m0/s1. The van der Waals surface area contributed by atoms with Crippen LogP contribution in [-0.4, -0.2) is 53.8 Å². The van der Waals surface area contributed by atoms with Crippen LogP contribution in [0.2, 0.25) is 0 Å². The Hall–Kier alpha value is -3.28. The average molecular weight is 500 g/mol. The second-order valence-electron chi connectivity index (χ2n) is 7.08.